The number of hydrogen-bond acceptors (Lipinski definition) is 4. The van der Waals surface area contributed by atoms with Crippen molar-refractivity contribution in [3.63, 3.8) is 0 Å². The average molecular weight is 240 g/mol. The Balaban J connectivity index is 2.33. The van der Waals surface area contributed by atoms with Crippen LogP contribution in [0, 0.1) is 11.3 Å². The summed E-state index contributed by atoms with van der Waals surface area (Å²) in [6, 6.07) is 12.0. The number of nitrogens with one attached hydrogen (secondary N) is 2. The maximum Gasteiger partial charge on any atom is 0.128 e. The van der Waals surface area contributed by atoms with Gasteiger partial charge in [0.05, 0.1) is 17.1 Å². The van der Waals surface area contributed by atoms with Crippen molar-refractivity contribution in [3.05, 3.63) is 35.9 Å². The van der Waals surface area contributed by atoms with Crippen molar-refractivity contribution >= 4 is 16.7 Å². The lowest BCUT2D eigenvalue weighted by Crippen LogP contribution is -2.29. The highest BCUT2D eigenvalue weighted by atomic mass is 15.0. The van der Waals surface area contributed by atoms with Crippen LogP contribution in [-0.4, -0.2) is 24.6 Å². The molecule has 2 aromatic rings. The molecule has 1 unspecified atom stereocenters. The summed E-state index contributed by atoms with van der Waals surface area (Å²) in [6.07, 6.45) is 0. The summed E-state index contributed by atoms with van der Waals surface area (Å²) < 4.78 is 0. The smallest absolute Gasteiger partial charge is 0.128 e. The van der Waals surface area contributed by atoms with E-state index in [2.05, 4.69) is 28.6 Å². The summed E-state index contributed by atoms with van der Waals surface area (Å²) in [7, 11) is 1.92. The molecule has 0 aliphatic carbocycles. The first-order chi connectivity index (χ1) is 8.74. The van der Waals surface area contributed by atoms with Crippen molar-refractivity contribution in [1.82, 2.24) is 10.3 Å². The molecule has 2 rings (SSSR count). The van der Waals surface area contributed by atoms with Crippen LogP contribution >= 0.6 is 0 Å². The molecule has 0 radical (unpaired) electrons. The lowest BCUT2D eigenvalue weighted by Gasteiger charge is -2.12. The Kier molecular flexibility index (Phi) is 3.75. The van der Waals surface area contributed by atoms with Crippen molar-refractivity contribution in [1.29, 1.82) is 5.26 Å². The van der Waals surface area contributed by atoms with Crippen LogP contribution in [0.1, 0.15) is 12.5 Å². The molecule has 1 atom stereocenters. The zero-order valence-electron chi connectivity index (χ0n) is 10.6. The van der Waals surface area contributed by atoms with Crippen LogP contribution in [0.2, 0.25) is 0 Å². The van der Waals surface area contributed by atoms with Crippen LogP contribution < -0.4 is 10.6 Å². The molecular weight excluding hydrogens is 224 g/mol. The van der Waals surface area contributed by atoms with E-state index >= 15 is 0 Å². The fourth-order valence-corrected chi connectivity index (χ4v) is 1.72. The van der Waals surface area contributed by atoms with Crippen LogP contribution in [0.15, 0.2) is 30.3 Å². The summed E-state index contributed by atoms with van der Waals surface area (Å²) in [5.74, 6) is 0.743. The second-order valence-electron chi connectivity index (χ2n) is 4.25. The number of aromatic nitrogens is 1. The molecule has 0 spiro atoms. The van der Waals surface area contributed by atoms with Gasteiger partial charge in [0.25, 0.3) is 0 Å². The number of pyridine rings is 1. The maximum absolute atomic E-state index is 9.17. The van der Waals surface area contributed by atoms with Crippen molar-refractivity contribution in [2.24, 2.45) is 0 Å². The van der Waals surface area contributed by atoms with Gasteiger partial charge in [-0.1, -0.05) is 18.2 Å². The molecule has 18 heavy (non-hydrogen) atoms. The number of anilines is 1. The lowest BCUT2D eigenvalue weighted by molar-refractivity contribution is 0.637. The van der Waals surface area contributed by atoms with E-state index in [-0.39, 0.29) is 0 Å². The molecule has 0 bridgehead atoms. The summed E-state index contributed by atoms with van der Waals surface area (Å²) >= 11 is 0. The Bertz CT molecular complexity index is 586. The van der Waals surface area contributed by atoms with Crippen molar-refractivity contribution in [2.75, 3.05) is 18.9 Å². The van der Waals surface area contributed by atoms with Crippen molar-refractivity contribution in [2.45, 2.75) is 13.0 Å². The fraction of sp³-hybridized carbons (Fsp3) is 0.286. The Morgan fingerprint density at radius 3 is 2.89 bits per heavy atom. The molecule has 0 aliphatic heterocycles. The Hall–Kier alpha value is -2.12. The number of hydrogen-bond donors (Lipinski definition) is 2. The zero-order valence-corrected chi connectivity index (χ0v) is 10.6. The molecule has 0 amide bonds. The van der Waals surface area contributed by atoms with E-state index in [1.54, 1.807) is 6.07 Å². The minimum atomic E-state index is 0.351. The standard InChI is InChI=1S/C14H16N4/c1-10(16-2)9-17-14-7-11(8-15)12-5-3-4-6-13(12)18-14/h3-7,10,16H,9H2,1-2H3,(H,17,18). The first-order valence-corrected chi connectivity index (χ1v) is 5.95. The van der Waals surface area contributed by atoms with Crippen molar-refractivity contribution in [3.8, 4) is 6.07 Å². The van der Waals surface area contributed by atoms with Gasteiger partial charge >= 0.3 is 0 Å². The van der Waals surface area contributed by atoms with Gasteiger partial charge in [-0.15, -0.1) is 0 Å². The molecule has 0 fully saturated rings. The van der Waals surface area contributed by atoms with Crippen LogP contribution in [0.5, 0.6) is 0 Å². The number of fused-ring (bicyclic) bond motifs is 1. The van der Waals surface area contributed by atoms with Gasteiger partial charge in [-0.05, 0) is 26.1 Å². The van der Waals surface area contributed by atoms with Crippen LogP contribution in [0.3, 0.4) is 0 Å². The quantitative estimate of drug-likeness (QED) is 0.859. The number of para-hydroxylation sites is 1. The van der Waals surface area contributed by atoms with Gasteiger partial charge in [-0.2, -0.15) is 5.26 Å². The molecule has 92 valence electrons. The fourth-order valence-electron chi connectivity index (χ4n) is 1.72. The molecule has 1 heterocycles. The second-order valence-corrected chi connectivity index (χ2v) is 4.25. The van der Waals surface area contributed by atoms with E-state index in [9.17, 15) is 0 Å². The van der Waals surface area contributed by atoms with Gasteiger partial charge in [0, 0.05) is 18.0 Å². The van der Waals surface area contributed by atoms with Crippen LogP contribution in [0.25, 0.3) is 10.9 Å². The highest BCUT2D eigenvalue weighted by molar-refractivity contribution is 5.86. The van der Waals surface area contributed by atoms with Gasteiger partial charge in [0.15, 0.2) is 0 Å². The van der Waals surface area contributed by atoms with E-state index < -0.39 is 0 Å². The Morgan fingerprint density at radius 1 is 1.39 bits per heavy atom. The molecule has 0 saturated heterocycles. The van der Waals surface area contributed by atoms with E-state index in [1.165, 1.54) is 0 Å². The first kappa shape index (κ1) is 12.3. The molecule has 1 aromatic heterocycles. The predicted molar refractivity (Wildman–Crippen MR) is 73.5 cm³/mol. The molecule has 4 nitrogen and oxygen atoms in total. The van der Waals surface area contributed by atoms with Crippen molar-refractivity contribution < 1.29 is 0 Å². The molecule has 0 aliphatic rings. The minimum absolute atomic E-state index is 0.351. The van der Waals surface area contributed by atoms with Gasteiger partial charge < -0.3 is 10.6 Å². The molecule has 2 N–H and O–H groups in total. The largest absolute Gasteiger partial charge is 0.368 e. The highest BCUT2D eigenvalue weighted by Gasteiger charge is 2.05. The number of nitriles is 1. The second kappa shape index (κ2) is 5.48. The highest BCUT2D eigenvalue weighted by Crippen LogP contribution is 2.19. The SMILES string of the molecule is CNC(C)CNc1cc(C#N)c2ccccc2n1. The number of nitrogens with zero attached hydrogens (tertiary/aromatic N) is 2. The molecule has 1 aromatic carbocycles. The summed E-state index contributed by atoms with van der Waals surface area (Å²) in [5, 5.41) is 16.4. The normalized spacial score (nSPS) is 12.1. The Labute approximate surface area is 107 Å². The maximum atomic E-state index is 9.17. The van der Waals surface area contributed by atoms with Gasteiger partial charge in [-0.3, -0.25) is 0 Å². The average Bonchev–Trinajstić information content (AvgIpc) is 2.43. The van der Waals surface area contributed by atoms with E-state index in [1.807, 2.05) is 31.3 Å². The molecular formula is C14H16N4. The minimum Gasteiger partial charge on any atom is -0.368 e. The molecule has 0 saturated carbocycles. The third-order valence-corrected chi connectivity index (χ3v) is 2.92. The number of rotatable bonds is 4. The third-order valence-electron chi connectivity index (χ3n) is 2.92. The van der Waals surface area contributed by atoms with Crippen LogP contribution in [0.4, 0.5) is 5.82 Å². The molecule has 4 heteroatoms. The number of benzene rings is 1. The summed E-state index contributed by atoms with van der Waals surface area (Å²) in [4.78, 5) is 4.50. The zero-order chi connectivity index (χ0) is 13.0. The van der Waals surface area contributed by atoms with E-state index in [4.69, 9.17) is 5.26 Å². The monoisotopic (exact) mass is 240 g/mol. The van der Waals surface area contributed by atoms with Gasteiger partial charge in [0.2, 0.25) is 0 Å². The Morgan fingerprint density at radius 2 is 2.17 bits per heavy atom. The lowest BCUT2D eigenvalue weighted by atomic mass is 10.1. The van der Waals surface area contributed by atoms with Gasteiger partial charge in [-0.25, -0.2) is 4.98 Å². The van der Waals surface area contributed by atoms with Gasteiger partial charge in [0.1, 0.15) is 5.82 Å². The third kappa shape index (κ3) is 2.58. The van der Waals surface area contributed by atoms with E-state index in [0.29, 0.717) is 11.6 Å². The van der Waals surface area contributed by atoms with E-state index in [0.717, 1.165) is 23.3 Å². The van der Waals surface area contributed by atoms with Crippen LogP contribution in [-0.2, 0) is 0 Å². The first-order valence-electron chi connectivity index (χ1n) is 5.95. The predicted octanol–water partition coefficient (Wildman–Crippen LogP) is 2.13. The summed E-state index contributed by atoms with van der Waals surface area (Å²) in [6.45, 7) is 2.85. The topological polar surface area (TPSA) is 60.7 Å². The number of likely N-dealkylation sites (N-methyl/N-ethyl adjacent to an activating group) is 1. The summed E-state index contributed by atoms with van der Waals surface area (Å²) in [5.41, 5.74) is 1.50.